The third-order valence-electron chi connectivity index (χ3n) is 3.27. The van der Waals surface area contributed by atoms with Gasteiger partial charge < -0.3 is 5.11 Å². The van der Waals surface area contributed by atoms with Crippen molar-refractivity contribution >= 4 is 5.78 Å². The molecule has 1 saturated heterocycles. The minimum atomic E-state index is 0.239. The summed E-state index contributed by atoms with van der Waals surface area (Å²) in [6.07, 6.45) is 1.52. The lowest BCUT2D eigenvalue weighted by Crippen LogP contribution is -2.29. The van der Waals surface area contributed by atoms with E-state index >= 15 is 0 Å². The zero-order chi connectivity index (χ0) is 12.1. The number of Topliss-reactive ketones (excluding diaryl/α,β-unsaturated/α-hetero) is 1. The first-order valence-corrected chi connectivity index (χ1v) is 6.17. The molecule has 1 fully saturated rings. The number of benzene rings is 1. The molecule has 1 aromatic rings. The molecule has 0 radical (unpaired) electrons. The van der Waals surface area contributed by atoms with E-state index in [1.807, 2.05) is 30.3 Å². The first kappa shape index (κ1) is 12.3. The number of aliphatic hydroxyl groups excluding tert-OH is 1. The van der Waals surface area contributed by atoms with Gasteiger partial charge in [-0.25, -0.2) is 0 Å². The zero-order valence-electron chi connectivity index (χ0n) is 10.0. The average Bonchev–Trinajstić information content (AvgIpc) is 2.78. The molecule has 1 aromatic carbocycles. The molecule has 0 bridgehead atoms. The molecule has 1 unspecified atom stereocenters. The molecule has 1 aliphatic rings. The highest BCUT2D eigenvalue weighted by atomic mass is 16.3. The van der Waals surface area contributed by atoms with Gasteiger partial charge in [-0.1, -0.05) is 30.3 Å². The van der Waals surface area contributed by atoms with Crippen molar-refractivity contribution in [2.75, 3.05) is 26.2 Å². The summed E-state index contributed by atoms with van der Waals surface area (Å²) in [4.78, 5) is 14.0. The first-order valence-electron chi connectivity index (χ1n) is 6.17. The number of nitrogens with zero attached hydrogens (tertiary/aromatic N) is 1. The lowest BCUT2D eigenvalue weighted by Gasteiger charge is -2.14. The highest BCUT2D eigenvalue weighted by molar-refractivity contribution is 5.82. The second-order valence-corrected chi connectivity index (χ2v) is 4.77. The van der Waals surface area contributed by atoms with Crippen molar-refractivity contribution in [2.24, 2.45) is 5.92 Å². The molecule has 17 heavy (non-hydrogen) atoms. The van der Waals surface area contributed by atoms with Crippen LogP contribution < -0.4 is 0 Å². The van der Waals surface area contributed by atoms with Gasteiger partial charge in [0.25, 0.3) is 0 Å². The maximum Gasteiger partial charge on any atom is 0.151 e. The minimum absolute atomic E-state index is 0.239. The molecule has 0 saturated carbocycles. The van der Waals surface area contributed by atoms with Gasteiger partial charge in [0.05, 0.1) is 6.54 Å². The third kappa shape index (κ3) is 3.65. The fourth-order valence-electron chi connectivity index (χ4n) is 2.33. The molecular weight excluding hydrogens is 214 g/mol. The van der Waals surface area contributed by atoms with Crippen LogP contribution in [0.3, 0.4) is 0 Å². The number of aliphatic hydroxyl groups is 1. The van der Waals surface area contributed by atoms with E-state index in [4.69, 9.17) is 5.11 Å². The second kappa shape index (κ2) is 5.94. The predicted molar refractivity (Wildman–Crippen MR) is 66.8 cm³/mol. The Kier molecular flexibility index (Phi) is 4.29. The van der Waals surface area contributed by atoms with Gasteiger partial charge >= 0.3 is 0 Å². The molecule has 1 N–H and O–H groups in total. The van der Waals surface area contributed by atoms with E-state index in [-0.39, 0.29) is 12.4 Å². The molecule has 1 aliphatic heterocycles. The van der Waals surface area contributed by atoms with Crippen LogP contribution in [-0.4, -0.2) is 42.0 Å². The van der Waals surface area contributed by atoms with Crippen LogP contribution in [-0.2, 0) is 11.2 Å². The van der Waals surface area contributed by atoms with Gasteiger partial charge in [0.15, 0.2) is 5.78 Å². The van der Waals surface area contributed by atoms with Crippen molar-refractivity contribution in [2.45, 2.75) is 12.8 Å². The zero-order valence-corrected chi connectivity index (χ0v) is 10.0. The summed E-state index contributed by atoms with van der Waals surface area (Å²) >= 11 is 0. The summed E-state index contributed by atoms with van der Waals surface area (Å²) in [6, 6.07) is 9.84. The fourth-order valence-corrected chi connectivity index (χ4v) is 2.33. The van der Waals surface area contributed by atoms with Crippen LogP contribution in [0.5, 0.6) is 0 Å². The monoisotopic (exact) mass is 233 g/mol. The molecule has 3 heteroatoms. The van der Waals surface area contributed by atoms with Gasteiger partial charge in [0.2, 0.25) is 0 Å². The molecule has 2 rings (SSSR count). The number of hydrogen-bond acceptors (Lipinski definition) is 3. The number of carbonyl (C=O) groups is 1. The van der Waals surface area contributed by atoms with Gasteiger partial charge in [0, 0.05) is 19.6 Å². The Morgan fingerprint density at radius 2 is 2.12 bits per heavy atom. The Balaban J connectivity index is 1.78. The summed E-state index contributed by atoms with van der Waals surface area (Å²) in [5.74, 6) is 0.620. The molecular formula is C14H19NO2. The van der Waals surface area contributed by atoms with Crippen molar-refractivity contribution in [1.82, 2.24) is 4.90 Å². The van der Waals surface area contributed by atoms with Crippen molar-refractivity contribution in [3.63, 3.8) is 0 Å². The highest BCUT2D eigenvalue weighted by Gasteiger charge is 2.23. The fraction of sp³-hybridized carbons (Fsp3) is 0.500. The Hall–Kier alpha value is -1.19. The molecule has 0 aromatic heterocycles. The summed E-state index contributed by atoms with van der Waals surface area (Å²) in [5, 5.41) is 9.04. The van der Waals surface area contributed by atoms with Gasteiger partial charge in [-0.05, 0) is 24.4 Å². The van der Waals surface area contributed by atoms with Gasteiger partial charge in [-0.15, -0.1) is 0 Å². The van der Waals surface area contributed by atoms with Crippen LogP contribution in [0.2, 0.25) is 0 Å². The molecule has 0 aliphatic carbocycles. The topological polar surface area (TPSA) is 40.5 Å². The van der Waals surface area contributed by atoms with Crippen molar-refractivity contribution in [1.29, 1.82) is 0 Å². The van der Waals surface area contributed by atoms with Crippen LogP contribution in [0.4, 0.5) is 0 Å². The normalized spacial score (nSPS) is 20.6. The van der Waals surface area contributed by atoms with Crippen LogP contribution in [0.25, 0.3) is 0 Å². The van der Waals surface area contributed by atoms with E-state index < -0.39 is 0 Å². The lowest BCUT2D eigenvalue weighted by atomic mass is 10.1. The molecule has 1 heterocycles. The van der Waals surface area contributed by atoms with E-state index in [2.05, 4.69) is 4.90 Å². The van der Waals surface area contributed by atoms with Crippen molar-refractivity contribution in [3.8, 4) is 0 Å². The van der Waals surface area contributed by atoms with Gasteiger partial charge in [-0.3, -0.25) is 9.69 Å². The summed E-state index contributed by atoms with van der Waals surface area (Å²) in [6.45, 7) is 2.55. The van der Waals surface area contributed by atoms with Crippen LogP contribution in [0.15, 0.2) is 30.3 Å². The quantitative estimate of drug-likeness (QED) is 0.828. The second-order valence-electron chi connectivity index (χ2n) is 4.77. The van der Waals surface area contributed by atoms with E-state index in [0.29, 0.717) is 18.9 Å². The Labute approximate surface area is 102 Å². The number of rotatable bonds is 5. The standard InChI is InChI=1S/C14H19NO2/c16-11-13-6-7-15(9-13)10-14(17)8-12-4-2-1-3-5-12/h1-5,13,16H,6-11H2. The van der Waals surface area contributed by atoms with E-state index in [0.717, 1.165) is 25.1 Å². The highest BCUT2D eigenvalue weighted by Crippen LogP contribution is 2.15. The summed E-state index contributed by atoms with van der Waals surface area (Å²) < 4.78 is 0. The maximum atomic E-state index is 11.9. The SMILES string of the molecule is O=C(Cc1ccccc1)CN1CCC(CO)C1. The first-order chi connectivity index (χ1) is 8.28. The maximum absolute atomic E-state index is 11.9. The largest absolute Gasteiger partial charge is 0.396 e. The summed E-state index contributed by atoms with van der Waals surface area (Å²) in [7, 11) is 0. The van der Waals surface area contributed by atoms with Gasteiger partial charge in [0.1, 0.15) is 0 Å². The Morgan fingerprint density at radius 3 is 2.76 bits per heavy atom. The van der Waals surface area contributed by atoms with Gasteiger partial charge in [-0.2, -0.15) is 0 Å². The average molecular weight is 233 g/mol. The molecule has 0 amide bonds. The molecule has 3 nitrogen and oxygen atoms in total. The number of likely N-dealkylation sites (tertiary alicyclic amines) is 1. The third-order valence-corrected chi connectivity index (χ3v) is 3.27. The minimum Gasteiger partial charge on any atom is -0.396 e. The number of ketones is 1. The van der Waals surface area contributed by atoms with Crippen LogP contribution in [0.1, 0.15) is 12.0 Å². The predicted octanol–water partition coefficient (Wildman–Crippen LogP) is 1.11. The molecule has 92 valence electrons. The number of hydrogen-bond donors (Lipinski definition) is 1. The molecule has 0 spiro atoms. The lowest BCUT2D eigenvalue weighted by molar-refractivity contribution is -0.119. The smallest absolute Gasteiger partial charge is 0.151 e. The summed E-state index contributed by atoms with van der Waals surface area (Å²) in [5.41, 5.74) is 1.08. The van der Waals surface area contributed by atoms with E-state index in [1.165, 1.54) is 0 Å². The molecule has 1 atom stereocenters. The Morgan fingerprint density at radius 1 is 1.35 bits per heavy atom. The van der Waals surface area contributed by atoms with Crippen LogP contribution in [0, 0.1) is 5.92 Å². The van der Waals surface area contributed by atoms with E-state index in [1.54, 1.807) is 0 Å². The van der Waals surface area contributed by atoms with Crippen molar-refractivity contribution < 1.29 is 9.90 Å². The van der Waals surface area contributed by atoms with E-state index in [9.17, 15) is 4.79 Å². The number of carbonyl (C=O) groups excluding carboxylic acids is 1. The van der Waals surface area contributed by atoms with Crippen LogP contribution >= 0.6 is 0 Å². The van der Waals surface area contributed by atoms with Crippen molar-refractivity contribution in [3.05, 3.63) is 35.9 Å². The Bertz CT molecular complexity index is 364.